The third kappa shape index (κ3) is 2.37. The molecule has 5 nitrogen and oxygen atoms in total. The molecule has 1 aliphatic carbocycles. The Labute approximate surface area is 135 Å². The lowest BCUT2D eigenvalue weighted by Gasteiger charge is -2.47. The van der Waals surface area contributed by atoms with Crippen LogP contribution in [0.15, 0.2) is 47.4 Å². The van der Waals surface area contributed by atoms with Gasteiger partial charge in [0.1, 0.15) is 0 Å². The molecule has 6 heteroatoms. The van der Waals surface area contributed by atoms with E-state index in [9.17, 15) is 18.0 Å². The number of ketones is 2. The van der Waals surface area contributed by atoms with Crippen molar-refractivity contribution in [1.29, 1.82) is 0 Å². The molecule has 1 aromatic rings. The summed E-state index contributed by atoms with van der Waals surface area (Å²) in [6.07, 6.45) is 1.28. The number of Topliss-reactive ketones (excluding diaryl/α,β-unsaturated/α-hetero) is 1. The van der Waals surface area contributed by atoms with Crippen LogP contribution in [0, 0.1) is 0 Å². The smallest absolute Gasteiger partial charge is 0.197 e. The van der Waals surface area contributed by atoms with Crippen LogP contribution in [0.5, 0.6) is 0 Å². The topological polar surface area (TPSA) is 77.5 Å². The van der Waals surface area contributed by atoms with E-state index >= 15 is 0 Å². The maximum atomic E-state index is 13.2. The molecule has 1 unspecified atom stereocenters. The van der Waals surface area contributed by atoms with Crippen molar-refractivity contribution in [2.24, 2.45) is 0 Å². The fraction of sp³-hybridized carbons (Fsp3) is 0.412. The molecule has 0 amide bonds. The normalized spacial score (nSPS) is 30.1. The molecule has 0 bridgehead atoms. The maximum Gasteiger partial charge on any atom is 0.197 e. The van der Waals surface area contributed by atoms with Crippen LogP contribution in [0.3, 0.4) is 0 Å². The predicted octanol–water partition coefficient (Wildman–Crippen LogP) is 1.86. The van der Waals surface area contributed by atoms with Crippen LogP contribution in [-0.4, -0.2) is 36.4 Å². The highest BCUT2D eigenvalue weighted by Crippen LogP contribution is 2.44. The van der Waals surface area contributed by atoms with Crippen LogP contribution in [0.1, 0.15) is 26.7 Å². The number of carbonyl (C=O) groups is 2. The number of hydrogen-bond acceptors (Lipinski definition) is 5. The van der Waals surface area contributed by atoms with Gasteiger partial charge < -0.3 is 4.74 Å². The first kappa shape index (κ1) is 16.1. The molecular formula is C17H18O5S. The van der Waals surface area contributed by atoms with Crippen molar-refractivity contribution in [3.8, 4) is 0 Å². The summed E-state index contributed by atoms with van der Waals surface area (Å²) in [5.41, 5.74) is -0.789. The van der Waals surface area contributed by atoms with E-state index in [4.69, 9.17) is 4.74 Å². The van der Waals surface area contributed by atoms with Crippen molar-refractivity contribution < 1.29 is 22.7 Å². The van der Waals surface area contributed by atoms with E-state index in [2.05, 4.69) is 0 Å². The van der Waals surface area contributed by atoms with Gasteiger partial charge in [0.15, 0.2) is 26.2 Å². The van der Waals surface area contributed by atoms with Gasteiger partial charge in [-0.2, -0.15) is 0 Å². The number of hydrogen-bond donors (Lipinski definition) is 0. The van der Waals surface area contributed by atoms with E-state index in [1.807, 2.05) is 0 Å². The van der Waals surface area contributed by atoms with Gasteiger partial charge in [-0.1, -0.05) is 18.2 Å². The molecule has 0 aromatic heterocycles. The van der Waals surface area contributed by atoms with Crippen molar-refractivity contribution in [2.75, 3.05) is 0 Å². The molecule has 0 N–H and O–H groups in total. The molecule has 0 spiro atoms. The molecule has 2 atom stereocenters. The summed E-state index contributed by atoms with van der Waals surface area (Å²) in [5.74, 6) is -0.661. The number of ether oxygens (including phenoxy) is 1. The Hall–Kier alpha value is -1.79. The molecule has 1 aromatic carbocycles. The first-order valence-electron chi connectivity index (χ1n) is 7.42. The number of rotatable bonds is 2. The third-order valence-electron chi connectivity index (χ3n) is 4.36. The Morgan fingerprint density at radius 1 is 1.13 bits per heavy atom. The first-order valence-corrected chi connectivity index (χ1v) is 8.90. The van der Waals surface area contributed by atoms with Crippen LogP contribution in [0.2, 0.25) is 0 Å². The molecule has 3 rings (SSSR count). The summed E-state index contributed by atoms with van der Waals surface area (Å²) in [6.45, 7) is 3.46. The van der Waals surface area contributed by atoms with E-state index in [1.54, 1.807) is 32.0 Å². The summed E-state index contributed by atoms with van der Waals surface area (Å²) < 4.78 is 30.5. The average Bonchev–Trinajstić information content (AvgIpc) is 2.46. The fourth-order valence-corrected chi connectivity index (χ4v) is 5.29. The molecule has 23 heavy (non-hydrogen) atoms. The zero-order valence-electron chi connectivity index (χ0n) is 13.0. The fourth-order valence-electron chi connectivity index (χ4n) is 3.29. The molecule has 0 radical (unpaired) electrons. The highest BCUT2D eigenvalue weighted by Gasteiger charge is 2.61. The van der Waals surface area contributed by atoms with Gasteiger partial charge in [-0.3, -0.25) is 9.59 Å². The number of benzene rings is 1. The Bertz CT molecular complexity index is 792. The molecule has 1 aliphatic heterocycles. The maximum absolute atomic E-state index is 13.2. The summed E-state index contributed by atoms with van der Waals surface area (Å²) in [7, 11) is -4.02. The Balaban J connectivity index is 2.22. The van der Waals surface area contributed by atoms with E-state index in [0.717, 1.165) is 0 Å². The summed E-state index contributed by atoms with van der Waals surface area (Å²) >= 11 is 0. The van der Waals surface area contributed by atoms with E-state index < -0.39 is 32.1 Å². The molecular weight excluding hydrogens is 316 g/mol. The zero-order chi connectivity index (χ0) is 16.9. The van der Waals surface area contributed by atoms with Gasteiger partial charge in [0.2, 0.25) is 0 Å². The Morgan fingerprint density at radius 2 is 1.78 bits per heavy atom. The number of carbonyl (C=O) groups excluding carboxylic acids is 2. The SMILES string of the molecule is CC1(C)CC(=O)[C@@]2(S(=O)(=O)c3ccccc3)C=CC(=O)CC2O1. The monoisotopic (exact) mass is 334 g/mol. The second-order valence-corrected chi connectivity index (χ2v) is 8.73. The number of fused-ring (bicyclic) bond motifs is 1. The van der Waals surface area contributed by atoms with Crippen molar-refractivity contribution in [3.63, 3.8) is 0 Å². The number of allylic oxidation sites excluding steroid dienone is 1. The third-order valence-corrected chi connectivity index (χ3v) is 6.77. The van der Waals surface area contributed by atoms with Crippen LogP contribution in [0.25, 0.3) is 0 Å². The first-order chi connectivity index (χ1) is 10.7. The van der Waals surface area contributed by atoms with E-state index in [-0.39, 0.29) is 23.5 Å². The second-order valence-electron chi connectivity index (χ2n) is 6.58. The number of sulfone groups is 1. The minimum Gasteiger partial charge on any atom is -0.369 e. The predicted molar refractivity (Wildman–Crippen MR) is 83.7 cm³/mol. The van der Waals surface area contributed by atoms with Crippen LogP contribution < -0.4 is 0 Å². The molecule has 1 saturated heterocycles. The lowest BCUT2D eigenvalue weighted by molar-refractivity contribution is -0.156. The Kier molecular flexibility index (Phi) is 3.57. The van der Waals surface area contributed by atoms with Crippen LogP contribution >= 0.6 is 0 Å². The van der Waals surface area contributed by atoms with Crippen molar-refractivity contribution >= 4 is 21.4 Å². The summed E-state index contributed by atoms with van der Waals surface area (Å²) in [5, 5.41) is 0. The largest absolute Gasteiger partial charge is 0.369 e. The van der Waals surface area contributed by atoms with Gasteiger partial charge >= 0.3 is 0 Å². The minimum atomic E-state index is -4.02. The van der Waals surface area contributed by atoms with Gasteiger partial charge in [0, 0.05) is 12.8 Å². The minimum absolute atomic E-state index is 0.0197. The zero-order valence-corrected chi connectivity index (χ0v) is 13.8. The molecule has 0 saturated carbocycles. The standard InChI is InChI=1S/C17H18O5S/c1-16(2)11-14(19)17(9-8-12(18)10-15(17)22-16)23(20,21)13-6-4-3-5-7-13/h3-9,15H,10-11H2,1-2H3/t15?,17-/m0/s1. The van der Waals surface area contributed by atoms with Gasteiger partial charge in [-0.15, -0.1) is 0 Å². The van der Waals surface area contributed by atoms with Crippen molar-refractivity contribution in [2.45, 2.75) is 48.0 Å². The second kappa shape index (κ2) is 5.11. The molecule has 122 valence electrons. The highest BCUT2D eigenvalue weighted by atomic mass is 32.2. The Morgan fingerprint density at radius 3 is 2.43 bits per heavy atom. The highest BCUT2D eigenvalue weighted by molar-refractivity contribution is 7.94. The molecule has 1 heterocycles. The lowest BCUT2D eigenvalue weighted by Crippen LogP contribution is -2.63. The quantitative estimate of drug-likeness (QED) is 0.825. The lowest BCUT2D eigenvalue weighted by atomic mass is 9.80. The van der Waals surface area contributed by atoms with Gasteiger partial charge in [-0.05, 0) is 38.1 Å². The van der Waals surface area contributed by atoms with E-state index in [0.29, 0.717) is 0 Å². The van der Waals surface area contributed by atoms with Crippen LogP contribution in [-0.2, 0) is 24.2 Å². The van der Waals surface area contributed by atoms with Crippen molar-refractivity contribution in [1.82, 2.24) is 0 Å². The van der Waals surface area contributed by atoms with Crippen LogP contribution in [0.4, 0.5) is 0 Å². The average molecular weight is 334 g/mol. The van der Waals surface area contributed by atoms with Gasteiger partial charge in [0.05, 0.1) is 16.6 Å². The molecule has 2 aliphatic rings. The van der Waals surface area contributed by atoms with Gasteiger partial charge in [0.25, 0.3) is 0 Å². The summed E-state index contributed by atoms with van der Waals surface area (Å²) in [6, 6.07) is 7.83. The summed E-state index contributed by atoms with van der Waals surface area (Å²) in [4.78, 5) is 24.7. The van der Waals surface area contributed by atoms with Crippen molar-refractivity contribution in [3.05, 3.63) is 42.5 Å². The van der Waals surface area contributed by atoms with E-state index in [1.165, 1.54) is 24.3 Å². The molecule has 1 fully saturated rings. The van der Waals surface area contributed by atoms with Gasteiger partial charge in [-0.25, -0.2) is 8.42 Å².